The van der Waals surface area contributed by atoms with Gasteiger partial charge in [0.05, 0.1) is 32.0 Å². The van der Waals surface area contributed by atoms with Gasteiger partial charge < -0.3 is 34.3 Å². The lowest BCUT2D eigenvalue weighted by molar-refractivity contribution is -0.278. The molecule has 4 aromatic carbocycles. The highest BCUT2D eigenvalue weighted by molar-refractivity contribution is 5.94. The number of benzene rings is 4. The fourth-order valence-corrected chi connectivity index (χ4v) is 7.09. The van der Waals surface area contributed by atoms with E-state index in [9.17, 15) is 9.90 Å². The summed E-state index contributed by atoms with van der Waals surface area (Å²) in [6.07, 6.45) is 0.950. The molecule has 8 nitrogen and oxygen atoms in total. The molecule has 0 radical (unpaired) electrons. The fourth-order valence-electron chi connectivity index (χ4n) is 7.09. The van der Waals surface area contributed by atoms with E-state index in [4.69, 9.17) is 18.9 Å². The van der Waals surface area contributed by atoms with E-state index in [-0.39, 0.29) is 30.6 Å². The van der Waals surface area contributed by atoms with Crippen LogP contribution in [0.15, 0.2) is 103 Å². The number of likely N-dealkylation sites (tertiary alicyclic amines) is 1. The van der Waals surface area contributed by atoms with E-state index in [1.165, 1.54) is 0 Å². The summed E-state index contributed by atoms with van der Waals surface area (Å²) < 4.78 is 25.4. The van der Waals surface area contributed by atoms with Gasteiger partial charge in [0, 0.05) is 56.1 Å². The van der Waals surface area contributed by atoms with Gasteiger partial charge in [-0.3, -0.25) is 4.79 Å². The average Bonchev–Trinajstić information content (AvgIpc) is 3.61. The molecule has 1 amide bonds. The molecule has 1 spiro atoms. The largest absolute Gasteiger partial charge is 0.392 e. The van der Waals surface area contributed by atoms with Crippen LogP contribution in [0.25, 0.3) is 11.1 Å². The maximum Gasteiger partial charge on any atom is 0.251 e. The van der Waals surface area contributed by atoms with E-state index in [1.54, 1.807) is 0 Å². The van der Waals surface area contributed by atoms with Gasteiger partial charge >= 0.3 is 0 Å². The number of piperidine rings is 1. The van der Waals surface area contributed by atoms with E-state index in [1.807, 2.05) is 60.7 Å². The molecule has 0 saturated carbocycles. The third-order valence-electron chi connectivity index (χ3n) is 9.98. The van der Waals surface area contributed by atoms with Crippen molar-refractivity contribution >= 4 is 5.91 Å². The van der Waals surface area contributed by atoms with Crippen molar-refractivity contribution in [3.63, 3.8) is 0 Å². The number of aliphatic hydroxyl groups is 1. The lowest BCUT2D eigenvalue weighted by atomic mass is 9.89. The molecule has 3 heterocycles. The molecule has 4 aromatic rings. The maximum atomic E-state index is 12.7. The van der Waals surface area contributed by atoms with Crippen LogP contribution in [0.2, 0.25) is 0 Å². The van der Waals surface area contributed by atoms with Gasteiger partial charge in [0.1, 0.15) is 0 Å². The Kier molecular flexibility index (Phi) is 10.00. The van der Waals surface area contributed by atoms with Crippen molar-refractivity contribution in [2.24, 2.45) is 5.92 Å². The second-order valence-electron chi connectivity index (χ2n) is 13.1. The normalized spacial score (nSPS) is 24.0. The molecule has 48 heavy (non-hydrogen) atoms. The van der Waals surface area contributed by atoms with Gasteiger partial charge in [0.2, 0.25) is 0 Å². The zero-order valence-electron chi connectivity index (χ0n) is 27.4. The first-order valence-corrected chi connectivity index (χ1v) is 17.0. The summed E-state index contributed by atoms with van der Waals surface area (Å²) in [5.74, 6) is -0.402. The minimum atomic E-state index is -0.541. The average molecular weight is 649 g/mol. The van der Waals surface area contributed by atoms with Crippen molar-refractivity contribution in [1.82, 2.24) is 10.2 Å². The van der Waals surface area contributed by atoms with Crippen LogP contribution in [0.4, 0.5) is 0 Å². The van der Waals surface area contributed by atoms with Gasteiger partial charge in [-0.2, -0.15) is 0 Å². The third-order valence-corrected chi connectivity index (χ3v) is 9.98. The minimum Gasteiger partial charge on any atom is -0.392 e. The van der Waals surface area contributed by atoms with Crippen LogP contribution in [0.1, 0.15) is 64.8 Å². The van der Waals surface area contributed by atoms with Gasteiger partial charge in [-0.1, -0.05) is 97.9 Å². The van der Waals surface area contributed by atoms with Crippen LogP contribution >= 0.6 is 0 Å². The first-order chi connectivity index (χ1) is 23.5. The Bertz CT molecular complexity index is 1650. The molecule has 4 atom stereocenters. The summed E-state index contributed by atoms with van der Waals surface area (Å²) in [6.45, 7) is 6.57. The van der Waals surface area contributed by atoms with Gasteiger partial charge in [0.15, 0.2) is 12.1 Å². The number of carbonyl (C=O) groups is 1. The number of nitrogens with one attached hydrogen (secondary N) is 1. The van der Waals surface area contributed by atoms with Gasteiger partial charge in [0.25, 0.3) is 5.91 Å². The van der Waals surface area contributed by atoms with Crippen molar-refractivity contribution in [1.29, 1.82) is 0 Å². The molecule has 0 aliphatic carbocycles. The minimum absolute atomic E-state index is 0.00840. The van der Waals surface area contributed by atoms with Gasteiger partial charge in [-0.25, -0.2) is 0 Å². The van der Waals surface area contributed by atoms with Crippen LogP contribution in [0.3, 0.4) is 0 Å². The van der Waals surface area contributed by atoms with Crippen molar-refractivity contribution < 1.29 is 28.8 Å². The summed E-state index contributed by atoms with van der Waals surface area (Å²) in [7, 11) is 0. The Morgan fingerprint density at radius 1 is 0.833 bits per heavy atom. The second kappa shape index (κ2) is 14.7. The number of aliphatic hydroxyl groups excluding tert-OH is 1. The molecule has 0 unspecified atom stereocenters. The Morgan fingerprint density at radius 2 is 1.50 bits per heavy atom. The lowest BCUT2D eigenvalue weighted by Crippen LogP contribution is -2.50. The lowest BCUT2D eigenvalue weighted by Gasteiger charge is -2.44. The summed E-state index contributed by atoms with van der Waals surface area (Å²) >= 11 is 0. The molecule has 250 valence electrons. The van der Waals surface area contributed by atoms with E-state index < -0.39 is 12.1 Å². The number of ether oxygens (including phenoxy) is 4. The van der Waals surface area contributed by atoms with Crippen molar-refractivity contribution in [2.75, 3.05) is 32.8 Å². The van der Waals surface area contributed by atoms with Gasteiger partial charge in [-0.15, -0.1) is 0 Å². The number of hydrogen-bond acceptors (Lipinski definition) is 7. The summed E-state index contributed by atoms with van der Waals surface area (Å²) in [6, 6.07) is 33.8. The quantitative estimate of drug-likeness (QED) is 0.217. The van der Waals surface area contributed by atoms with E-state index in [0.29, 0.717) is 25.3 Å². The second-order valence-corrected chi connectivity index (χ2v) is 13.1. The monoisotopic (exact) mass is 648 g/mol. The Hall–Kier alpha value is -3.89. The third kappa shape index (κ3) is 7.25. The van der Waals surface area contributed by atoms with Crippen LogP contribution in [0, 0.1) is 5.92 Å². The molecule has 3 saturated heterocycles. The molecular weight excluding hydrogens is 604 g/mol. The maximum absolute atomic E-state index is 12.7. The molecule has 0 aromatic heterocycles. The number of rotatable bonds is 9. The highest BCUT2D eigenvalue weighted by Crippen LogP contribution is 2.43. The van der Waals surface area contributed by atoms with Crippen molar-refractivity contribution in [2.45, 2.75) is 57.2 Å². The fraction of sp³-hybridized carbons (Fsp3) is 0.375. The Labute approximate surface area is 282 Å². The first-order valence-electron chi connectivity index (χ1n) is 17.0. The Morgan fingerprint density at radius 3 is 2.21 bits per heavy atom. The topological polar surface area (TPSA) is 89.5 Å². The molecule has 2 N–H and O–H groups in total. The van der Waals surface area contributed by atoms with Crippen molar-refractivity contribution in [3.05, 3.63) is 131 Å². The molecule has 3 aliphatic heterocycles. The number of carbonyl (C=O) groups excluding carboxylic acids is 1. The molecule has 3 fully saturated rings. The molecular formula is C40H44N2O6. The molecule has 3 aliphatic rings. The first kappa shape index (κ1) is 32.6. The van der Waals surface area contributed by atoms with Crippen LogP contribution in [-0.2, 0) is 32.1 Å². The van der Waals surface area contributed by atoms with E-state index >= 15 is 0 Å². The predicted octanol–water partition coefficient (Wildman–Crippen LogP) is 6.41. The number of hydrogen-bond donors (Lipinski definition) is 2. The van der Waals surface area contributed by atoms with E-state index in [0.717, 1.165) is 65.9 Å². The van der Waals surface area contributed by atoms with Crippen LogP contribution in [-0.4, -0.2) is 60.7 Å². The standard InChI is InChI=1S/C40H44N2O6/c1-28-36(26-42-21-19-40(20-22-42)45-23-24-46-40)47-39(48-37(28)31-13-11-29(27-43)12-14-31)33-17-15-30(16-18-33)35-10-6-5-9-34(35)25-41-38(44)32-7-3-2-4-8-32/h2-18,28,36-37,39,43H,19-27H2,1H3,(H,41,44)/t28-,36+,37+,39+/m1/s1. The van der Waals surface area contributed by atoms with E-state index in [2.05, 4.69) is 59.6 Å². The molecule has 7 rings (SSSR count). The SMILES string of the molecule is C[C@@H]1[C@H](CN2CCC3(CC2)OCCO3)O[C@H](c2ccc(-c3ccccc3CNC(=O)c3ccccc3)cc2)O[C@@H]1c1ccc(CO)cc1. The smallest absolute Gasteiger partial charge is 0.251 e. The van der Waals surface area contributed by atoms with Crippen molar-refractivity contribution in [3.8, 4) is 11.1 Å². The molecule has 8 heteroatoms. The zero-order chi connectivity index (χ0) is 32.9. The number of amides is 1. The van der Waals surface area contributed by atoms with Crippen LogP contribution < -0.4 is 5.32 Å². The highest BCUT2D eigenvalue weighted by atomic mass is 16.7. The Balaban J connectivity index is 1.08. The molecule has 0 bridgehead atoms. The van der Waals surface area contributed by atoms with Gasteiger partial charge in [-0.05, 0) is 39.9 Å². The number of nitrogens with zero attached hydrogens (tertiary/aromatic N) is 1. The predicted molar refractivity (Wildman–Crippen MR) is 183 cm³/mol. The summed E-state index contributed by atoms with van der Waals surface area (Å²) in [5, 5.41) is 12.7. The zero-order valence-corrected chi connectivity index (χ0v) is 27.4. The van der Waals surface area contributed by atoms with Crippen LogP contribution in [0.5, 0.6) is 0 Å². The highest BCUT2D eigenvalue weighted by Gasteiger charge is 2.43. The summed E-state index contributed by atoms with van der Waals surface area (Å²) in [4.78, 5) is 15.2. The summed E-state index contributed by atoms with van der Waals surface area (Å²) in [5.41, 5.74) is 6.70.